The zero-order chi connectivity index (χ0) is 18.0. The molecule has 25 heavy (non-hydrogen) atoms. The molecule has 0 aliphatic rings. The Bertz CT molecular complexity index is 1090. The molecule has 2 aromatic carbocycles. The van der Waals surface area contributed by atoms with Gasteiger partial charge in [0.15, 0.2) is 0 Å². The zero-order valence-corrected chi connectivity index (χ0v) is 15.5. The molecule has 0 unspecified atom stereocenters. The van der Waals surface area contributed by atoms with Crippen molar-refractivity contribution in [3.8, 4) is 11.5 Å². The molecule has 0 aliphatic carbocycles. The Balaban J connectivity index is 2.02. The predicted octanol–water partition coefficient (Wildman–Crippen LogP) is 3.72. The number of hydrogen-bond donors (Lipinski definition) is 0. The van der Waals surface area contributed by atoms with Gasteiger partial charge in [0.1, 0.15) is 22.0 Å². The van der Waals surface area contributed by atoms with Crippen molar-refractivity contribution < 1.29 is 21.8 Å². The molecule has 0 atom stereocenters. The van der Waals surface area contributed by atoms with Crippen molar-refractivity contribution >= 4 is 37.0 Å². The minimum atomic E-state index is -4.14. The highest BCUT2D eigenvalue weighted by atomic mass is 79.9. The van der Waals surface area contributed by atoms with Gasteiger partial charge in [-0.15, -0.1) is 0 Å². The van der Waals surface area contributed by atoms with Crippen LogP contribution < -0.4 is 14.5 Å². The van der Waals surface area contributed by atoms with E-state index in [1.807, 2.05) is 0 Å². The summed E-state index contributed by atoms with van der Waals surface area (Å²) in [5.41, 5.74) is -0.294. The van der Waals surface area contributed by atoms with Crippen LogP contribution in [0.25, 0.3) is 11.0 Å². The molecule has 1 aromatic heterocycles. The molecule has 0 fully saturated rings. The number of ether oxygens (including phenoxy) is 1. The largest absolute Gasteiger partial charge is 0.492 e. The normalized spacial score (nSPS) is 11.4. The van der Waals surface area contributed by atoms with Gasteiger partial charge in [-0.3, -0.25) is 0 Å². The van der Waals surface area contributed by atoms with E-state index < -0.39 is 15.7 Å². The summed E-state index contributed by atoms with van der Waals surface area (Å²) in [5.74, 6) is 0.224. The van der Waals surface area contributed by atoms with Crippen molar-refractivity contribution in [1.29, 1.82) is 0 Å². The Labute approximate surface area is 152 Å². The van der Waals surface area contributed by atoms with Crippen LogP contribution in [-0.4, -0.2) is 15.0 Å². The smallest absolute Gasteiger partial charge is 0.342 e. The van der Waals surface area contributed by atoms with E-state index in [0.717, 1.165) is 0 Å². The minimum absolute atomic E-state index is 0.0317. The Morgan fingerprint density at radius 3 is 2.60 bits per heavy atom. The monoisotopic (exact) mass is 424 g/mol. The van der Waals surface area contributed by atoms with E-state index in [-0.39, 0.29) is 22.0 Å². The molecule has 0 N–H and O–H groups in total. The van der Waals surface area contributed by atoms with Gasteiger partial charge in [0.2, 0.25) is 0 Å². The Kier molecular flexibility index (Phi) is 4.82. The Hall–Kier alpha value is -2.32. The van der Waals surface area contributed by atoms with Crippen LogP contribution in [0.1, 0.15) is 6.92 Å². The third-order valence-corrected chi connectivity index (χ3v) is 5.04. The fraction of sp³-hybridized carbons (Fsp3) is 0.118. The number of rotatable bonds is 5. The van der Waals surface area contributed by atoms with Crippen LogP contribution in [0.2, 0.25) is 0 Å². The third-order valence-electron chi connectivity index (χ3n) is 3.28. The molecule has 0 spiro atoms. The lowest BCUT2D eigenvalue weighted by Crippen LogP contribution is -2.12. The number of fused-ring (bicyclic) bond motifs is 1. The second kappa shape index (κ2) is 6.89. The van der Waals surface area contributed by atoms with E-state index >= 15 is 0 Å². The average molecular weight is 425 g/mol. The summed E-state index contributed by atoms with van der Waals surface area (Å²) in [7, 11) is -4.14. The molecule has 3 aromatic rings. The lowest BCUT2D eigenvalue weighted by Gasteiger charge is -2.12. The van der Waals surface area contributed by atoms with Crippen LogP contribution in [0.15, 0.2) is 67.1 Å². The van der Waals surface area contributed by atoms with E-state index in [9.17, 15) is 13.2 Å². The van der Waals surface area contributed by atoms with Crippen molar-refractivity contribution in [2.45, 2.75) is 11.8 Å². The number of hydrogen-bond acceptors (Lipinski definition) is 6. The van der Waals surface area contributed by atoms with Gasteiger partial charge in [0, 0.05) is 22.0 Å². The molecule has 8 heteroatoms. The van der Waals surface area contributed by atoms with Crippen molar-refractivity contribution in [3.05, 3.63) is 63.4 Å². The molecule has 6 nitrogen and oxygen atoms in total. The van der Waals surface area contributed by atoms with Crippen LogP contribution in [-0.2, 0) is 10.1 Å². The van der Waals surface area contributed by atoms with Gasteiger partial charge in [0.05, 0.1) is 6.61 Å². The standard InChI is InChI=1S/C17H13BrO6S/c1-2-22-14-7-5-12(18)9-16(14)25(20,21)24-13-6-3-11-4-8-17(19)23-15(11)10-13/h3-10H,2H2,1H3. The molecular weight excluding hydrogens is 412 g/mol. The predicted molar refractivity (Wildman–Crippen MR) is 95.6 cm³/mol. The summed E-state index contributed by atoms with van der Waals surface area (Å²) < 4.78 is 41.4. The Morgan fingerprint density at radius 1 is 1.08 bits per heavy atom. The first kappa shape index (κ1) is 17.5. The van der Waals surface area contributed by atoms with Gasteiger partial charge in [-0.25, -0.2) is 4.79 Å². The van der Waals surface area contributed by atoms with Crippen LogP contribution in [0, 0.1) is 0 Å². The molecular formula is C17H13BrO6S. The summed E-state index contributed by atoms with van der Waals surface area (Å²) in [6.07, 6.45) is 0. The highest BCUT2D eigenvalue weighted by molar-refractivity contribution is 9.10. The van der Waals surface area contributed by atoms with E-state index in [1.54, 1.807) is 31.2 Å². The maximum Gasteiger partial charge on any atom is 0.342 e. The van der Waals surface area contributed by atoms with Gasteiger partial charge in [0.25, 0.3) is 0 Å². The summed E-state index contributed by atoms with van der Waals surface area (Å²) in [6, 6.07) is 11.9. The SMILES string of the molecule is CCOc1ccc(Br)cc1S(=O)(=O)Oc1ccc2ccc(=O)oc2c1. The van der Waals surface area contributed by atoms with Crippen molar-refractivity contribution in [2.75, 3.05) is 6.61 Å². The van der Waals surface area contributed by atoms with Crippen LogP contribution >= 0.6 is 15.9 Å². The highest BCUT2D eigenvalue weighted by Crippen LogP contribution is 2.30. The average Bonchev–Trinajstić information content (AvgIpc) is 2.56. The van der Waals surface area contributed by atoms with Crippen molar-refractivity contribution in [1.82, 2.24) is 0 Å². The fourth-order valence-corrected chi connectivity index (χ4v) is 3.82. The number of benzene rings is 2. The first-order valence-electron chi connectivity index (χ1n) is 7.30. The minimum Gasteiger partial charge on any atom is -0.492 e. The summed E-state index contributed by atoms with van der Waals surface area (Å²) in [5, 5.41) is 0.654. The van der Waals surface area contributed by atoms with E-state index in [2.05, 4.69) is 15.9 Å². The van der Waals surface area contributed by atoms with Gasteiger partial charge in [-0.2, -0.15) is 8.42 Å². The second-order valence-electron chi connectivity index (χ2n) is 5.02. The van der Waals surface area contributed by atoms with E-state index in [4.69, 9.17) is 13.3 Å². The topological polar surface area (TPSA) is 82.8 Å². The van der Waals surface area contributed by atoms with Crippen LogP contribution in [0.4, 0.5) is 0 Å². The molecule has 0 amide bonds. The number of halogens is 1. The van der Waals surface area contributed by atoms with Crippen LogP contribution in [0.5, 0.6) is 11.5 Å². The Morgan fingerprint density at radius 2 is 1.84 bits per heavy atom. The fourth-order valence-electron chi connectivity index (χ4n) is 2.22. The molecule has 0 aliphatic heterocycles. The second-order valence-corrected chi connectivity index (χ2v) is 7.45. The van der Waals surface area contributed by atoms with E-state index in [1.165, 1.54) is 24.3 Å². The third kappa shape index (κ3) is 3.85. The zero-order valence-electron chi connectivity index (χ0n) is 13.1. The lowest BCUT2D eigenvalue weighted by molar-refractivity contribution is 0.329. The van der Waals surface area contributed by atoms with Gasteiger partial charge in [-0.1, -0.05) is 15.9 Å². The van der Waals surface area contributed by atoms with Gasteiger partial charge < -0.3 is 13.3 Å². The lowest BCUT2D eigenvalue weighted by atomic mass is 10.2. The molecule has 0 saturated carbocycles. The summed E-state index contributed by atoms with van der Waals surface area (Å²) >= 11 is 3.24. The molecule has 0 radical (unpaired) electrons. The molecule has 3 rings (SSSR count). The highest BCUT2D eigenvalue weighted by Gasteiger charge is 2.23. The molecule has 1 heterocycles. The molecule has 0 bridgehead atoms. The quantitative estimate of drug-likeness (QED) is 0.458. The maximum absolute atomic E-state index is 12.6. The van der Waals surface area contributed by atoms with Gasteiger partial charge in [-0.05, 0) is 43.3 Å². The summed E-state index contributed by atoms with van der Waals surface area (Å²) in [6.45, 7) is 2.07. The van der Waals surface area contributed by atoms with Crippen molar-refractivity contribution in [3.63, 3.8) is 0 Å². The van der Waals surface area contributed by atoms with Crippen LogP contribution in [0.3, 0.4) is 0 Å². The van der Waals surface area contributed by atoms with E-state index in [0.29, 0.717) is 16.5 Å². The van der Waals surface area contributed by atoms with Gasteiger partial charge >= 0.3 is 15.7 Å². The first-order valence-corrected chi connectivity index (χ1v) is 9.50. The summed E-state index contributed by atoms with van der Waals surface area (Å²) in [4.78, 5) is 11.2. The molecule has 130 valence electrons. The molecule has 0 saturated heterocycles. The first-order chi connectivity index (χ1) is 11.9. The maximum atomic E-state index is 12.6. The van der Waals surface area contributed by atoms with Crippen molar-refractivity contribution in [2.24, 2.45) is 0 Å².